The number of halogens is 2. The molecule has 2 atom stereocenters. The number of pyridine rings is 2. The van der Waals surface area contributed by atoms with Crippen LogP contribution < -0.4 is 5.32 Å². The van der Waals surface area contributed by atoms with Crippen LogP contribution in [0, 0.1) is 6.92 Å². The molecule has 0 radical (unpaired) electrons. The van der Waals surface area contributed by atoms with Crippen LogP contribution >= 0.6 is 11.6 Å². The maximum absolute atomic E-state index is 14.3. The Morgan fingerprint density at radius 2 is 2.19 bits per heavy atom. The predicted octanol–water partition coefficient (Wildman–Crippen LogP) is 4.92. The maximum Gasteiger partial charge on any atom is 0.255 e. The normalized spacial score (nSPS) is 18.2. The van der Waals surface area contributed by atoms with Gasteiger partial charge in [0, 0.05) is 18.4 Å². The zero-order valence-corrected chi connectivity index (χ0v) is 16.3. The Balaban J connectivity index is 1.77. The van der Waals surface area contributed by atoms with Crippen molar-refractivity contribution in [2.24, 2.45) is 0 Å². The Bertz CT molecular complexity index is 799. The average molecular weight is 391 g/mol. The Labute approximate surface area is 164 Å². The van der Waals surface area contributed by atoms with Crippen LogP contribution in [-0.4, -0.2) is 39.5 Å². The van der Waals surface area contributed by atoms with E-state index in [1.807, 2.05) is 19.1 Å². The van der Waals surface area contributed by atoms with Gasteiger partial charge in [-0.2, -0.15) is 0 Å². The highest BCUT2D eigenvalue weighted by Gasteiger charge is 2.33. The molecule has 2 unspecified atom stereocenters. The number of amides is 1. The van der Waals surface area contributed by atoms with Crippen LogP contribution in [0.25, 0.3) is 0 Å². The molecule has 1 aliphatic rings. The molecule has 1 fully saturated rings. The van der Waals surface area contributed by atoms with E-state index in [1.54, 1.807) is 24.1 Å². The van der Waals surface area contributed by atoms with E-state index < -0.39 is 6.17 Å². The predicted molar refractivity (Wildman–Crippen MR) is 105 cm³/mol. The molecule has 144 valence electrons. The minimum atomic E-state index is -1.01. The lowest BCUT2D eigenvalue weighted by Gasteiger charge is -2.37. The van der Waals surface area contributed by atoms with Crippen LogP contribution in [0.4, 0.5) is 15.9 Å². The van der Waals surface area contributed by atoms with Crippen LogP contribution in [0.1, 0.15) is 48.7 Å². The molecule has 5 nitrogen and oxygen atoms in total. The van der Waals surface area contributed by atoms with Crippen molar-refractivity contribution >= 4 is 29.0 Å². The summed E-state index contributed by atoms with van der Waals surface area (Å²) in [6, 6.07) is 4.98. The number of hydrogen-bond donors (Lipinski definition) is 1. The van der Waals surface area contributed by atoms with Gasteiger partial charge in [0.25, 0.3) is 5.91 Å². The fourth-order valence-electron chi connectivity index (χ4n) is 3.35. The van der Waals surface area contributed by atoms with Gasteiger partial charge in [-0.1, -0.05) is 18.5 Å². The highest BCUT2D eigenvalue weighted by molar-refractivity contribution is 6.33. The fourth-order valence-corrected chi connectivity index (χ4v) is 3.56. The molecule has 2 aromatic rings. The summed E-state index contributed by atoms with van der Waals surface area (Å²) < 4.78 is 14.3. The van der Waals surface area contributed by atoms with Crippen LogP contribution in [-0.2, 0) is 0 Å². The van der Waals surface area contributed by atoms with Crippen molar-refractivity contribution in [3.05, 3.63) is 46.9 Å². The van der Waals surface area contributed by atoms with Gasteiger partial charge in [-0.15, -0.1) is 0 Å². The quantitative estimate of drug-likeness (QED) is 0.786. The third-order valence-corrected chi connectivity index (χ3v) is 5.17. The lowest BCUT2D eigenvalue weighted by molar-refractivity contribution is 0.0444. The highest BCUT2D eigenvalue weighted by Crippen LogP contribution is 2.28. The first-order chi connectivity index (χ1) is 13.0. The molecular weight excluding hydrogens is 367 g/mol. The van der Waals surface area contributed by atoms with E-state index in [9.17, 15) is 9.18 Å². The molecule has 7 heteroatoms. The third kappa shape index (κ3) is 4.56. The summed E-state index contributed by atoms with van der Waals surface area (Å²) in [5.74, 6) is 0.236. The number of nitrogens with one attached hydrogen (secondary N) is 1. The molecule has 0 aromatic carbocycles. The zero-order chi connectivity index (χ0) is 19.4. The molecule has 0 saturated carbocycles. The molecule has 27 heavy (non-hydrogen) atoms. The Kier molecular flexibility index (Phi) is 6.26. The highest BCUT2D eigenvalue weighted by atomic mass is 35.5. The van der Waals surface area contributed by atoms with Crippen LogP contribution in [0.3, 0.4) is 0 Å². The van der Waals surface area contributed by atoms with E-state index in [0.29, 0.717) is 35.8 Å². The van der Waals surface area contributed by atoms with Crippen molar-refractivity contribution in [3.63, 3.8) is 0 Å². The molecule has 1 saturated heterocycles. The summed E-state index contributed by atoms with van der Waals surface area (Å²) in [5, 5.41) is 3.43. The molecule has 1 amide bonds. The van der Waals surface area contributed by atoms with Gasteiger partial charge in [0.05, 0.1) is 28.5 Å². The van der Waals surface area contributed by atoms with Gasteiger partial charge in [-0.25, -0.2) is 9.37 Å². The monoisotopic (exact) mass is 390 g/mol. The Hall–Kier alpha value is -2.21. The number of likely N-dealkylation sites (tertiary alicyclic amines) is 1. The molecule has 3 heterocycles. The van der Waals surface area contributed by atoms with Crippen LogP contribution in [0.2, 0.25) is 5.02 Å². The standard InChI is InChI=1S/C20H24ClFN4O/c1-3-17(22)18-6-4-5-9-26(18)20(27)14-10-16(21)19(24-11-14)25-15-8-7-13(2)23-12-15/h7-8,10-12,17-18H,3-6,9H2,1-2H3,(H,24,25). The van der Waals surface area contributed by atoms with Gasteiger partial charge in [-0.05, 0) is 50.8 Å². The molecule has 1 N–H and O–H groups in total. The average Bonchev–Trinajstić information content (AvgIpc) is 2.70. The van der Waals surface area contributed by atoms with Gasteiger partial charge < -0.3 is 10.2 Å². The van der Waals surface area contributed by atoms with Crippen molar-refractivity contribution in [3.8, 4) is 0 Å². The van der Waals surface area contributed by atoms with Gasteiger partial charge >= 0.3 is 0 Å². The molecule has 0 bridgehead atoms. The largest absolute Gasteiger partial charge is 0.338 e. The smallest absolute Gasteiger partial charge is 0.255 e. The Morgan fingerprint density at radius 1 is 1.37 bits per heavy atom. The summed E-state index contributed by atoms with van der Waals surface area (Å²) in [7, 11) is 0. The molecular formula is C20H24ClFN4O. The van der Waals surface area contributed by atoms with Crippen molar-refractivity contribution in [2.45, 2.75) is 51.7 Å². The number of carbonyl (C=O) groups excluding carboxylic acids is 1. The SMILES string of the molecule is CCC(F)C1CCCCN1C(=O)c1cnc(Nc2ccc(C)nc2)c(Cl)c1. The van der Waals surface area contributed by atoms with Gasteiger partial charge in [0.15, 0.2) is 0 Å². The first-order valence-corrected chi connectivity index (χ1v) is 9.67. The van der Waals surface area contributed by atoms with Crippen molar-refractivity contribution in [2.75, 3.05) is 11.9 Å². The van der Waals surface area contributed by atoms with Gasteiger partial charge in [0.1, 0.15) is 12.0 Å². The zero-order valence-electron chi connectivity index (χ0n) is 15.6. The molecule has 2 aromatic heterocycles. The van der Waals surface area contributed by atoms with Crippen LogP contribution in [0.15, 0.2) is 30.6 Å². The first kappa shape index (κ1) is 19.5. The van der Waals surface area contributed by atoms with E-state index in [0.717, 1.165) is 24.2 Å². The van der Waals surface area contributed by atoms with E-state index in [1.165, 1.54) is 6.20 Å². The number of piperidine rings is 1. The molecule has 1 aliphatic heterocycles. The third-order valence-electron chi connectivity index (χ3n) is 4.88. The number of aryl methyl sites for hydroxylation is 1. The fraction of sp³-hybridized carbons (Fsp3) is 0.450. The van der Waals surface area contributed by atoms with E-state index in [4.69, 9.17) is 11.6 Å². The second-order valence-corrected chi connectivity index (χ2v) is 7.26. The topological polar surface area (TPSA) is 58.1 Å². The van der Waals surface area contributed by atoms with E-state index in [2.05, 4.69) is 15.3 Å². The number of rotatable bonds is 5. The first-order valence-electron chi connectivity index (χ1n) is 9.30. The number of aromatic nitrogens is 2. The minimum Gasteiger partial charge on any atom is -0.338 e. The number of anilines is 2. The Morgan fingerprint density at radius 3 is 2.85 bits per heavy atom. The second-order valence-electron chi connectivity index (χ2n) is 6.85. The van der Waals surface area contributed by atoms with Gasteiger partial charge in [-0.3, -0.25) is 9.78 Å². The summed E-state index contributed by atoms with van der Waals surface area (Å²) in [4.78, 5) is 23.1. The van der Waals surface area contributed by atoms with E-state index in [-0.39, 0.29) is 11.9 Å². The molecule has 0 aliphatic carbocycles. The summed E-state index contributed by atoms with van der Waals surface area (Å²) in [5.41, 5.74) is 2.05. The molecule has 3 rings (SSSR count). The number of hydrogen-bond acceptors (Lipinski definition) is 4. The lowest BCUT2D eigenvalue weighted by Crippen LogP contribution is -2.48. The summed E-state index contributed by atoms with van der Waals surface area (Å²) in [6.07, 6.45) is 5.11. The van der Waals surface area contributed by atoms with E-state index >= 15 is 0 Å². The molecule has 0 spiro atoms. The van der Waals surface area contributed by atoms with Crippen LogP contribution in [0.5, 0.6) is 0 Å². The number of nitrogens with zero attached hydrogens (tertiary/aromatic N) is 3. The number of carbonyl (C=O) groups is 1. The number of alkyl halides is 1. The summed E-state index contributed by atoms with van der Waals surface area (Å²) in [6.45, 7) is 4.28. The van der Waals surface area contributed by atoms with Crippen molar-refractivity contribution < 1.29 is 9.18 Å². The maximum atomic E-state index is 14.3. The van der Waals surface area contributed by atoms with Crippen molar-refractivity contribution in [1.29, 1.82) is 0 Å². The lowest BCUT2D eigenvalue weighted by atomic mass is 9.96. The van der Waals surface area contributed by atoms with Crippen molar-refractivity contribution in [1.82, 2.24) is 14.9 Å². The second kappa shape index (κ2) is 8.65. The van der Waals surface area contributed by atoms with Gasteiger partial charge in [0.2, 0.25) is 0 Å². The minimum absolute atomic E-state index is 0.214. The summed E-state index contributed by atoms with van der Waals surface area (Å²) >= 11 is 6.33.